The van der Waals surface area contributed by atoms with Gasteiger partial charge in [0.25, 0.3) is 5.89 Å². The standard InChI is InChI=1S/C20H18N8O3S/c1-26-17-13(10-24-26)19(23-12-22-17)32-11-16(29)27-4-6-28(7-5-27)20-14(9-21)25-18(31-20)15-3-2-8-30-15/h2-3,8,10,12H,4-7,11H2,1H3. The van der Waals surface area contributed by atoms with Crippen molar-refractivity contribution in [1.82, 2.24) is 29.6 Å². The van der Waals surface area contributed by atoms with Gasteiger partial charge in [0.05, 0.1) is 23.6 Å². The van der Waals surface area contributed by atoms with E-state index >= 15 is 0 Å². The highest BCUT2D eigenvalue weighted by Crippen LogP contribution is 2.29. The molecule has 5 rings (SSSR count). The summed E-state index contributed by atoms with van der Waals surface area (Å²) in [4.78, 5) is 29.2. The van der Waals surface area contributed by atoms with Crippen molar-refractivity contribution in [1.29, 1.82) is 5.26 Å². The van der Waals surface area contributed by atoms with Crippen LogP contribution in [0.15, 0.2) is 44.8 Å². The van der Waals surface area contributed by atoms with Crippen LogP contribution in [-0.4, -0.2) is 67.5 Å². The van der Waals surface area contributed by atoms with E-state index in [2.05, 4.69) is 26.1 Å². The van der Waals surface area contributed by atoms with Gasteiger partial charge in [-0.3, -0.25) is 9.48 Å². The quantitative estimate of drug-likeness (QED) is 0.328. The smallest absolute Gasteiger partial charge is 0.266 e. The topological polar surface area (TPSA) is 130 Å². The van der Waals surface area contributed by atoms with Gasteiger partial charge in [-0.15, -0.1) is 0 Å². The van der Waals surface area contributed by atoms with Crippen molar-refractivity contribution in [3.63, 3.8) is 0 Å². The fourth-order valence-corrected chi connectivity index (χ4v) is 4.40. The first-order valence-electron chi connectivity index (χ1n) is 9.87. The summed E-state index contributed by atoms with van der Waals surface area (Å²) in [5, 5.41) is 15.2. The van der Waals surface area contributed by atoms with Crippen molar-refractivity contribution in [3.05, 3.63) is 36.6 Å². The Balaban J connectivity index is 1.21. The summed E-state index contributed by atoms with van der Waals surface area (Å²) in [5.74, 6) is 1.43. The molecule has 4 aromatic rings. The van der Waals surface area contributed by atoms with E-state index in [0.29, 0.717) is 37.8 Å². The zero-order chi connectivity index (χ0) is 22.1. The highest BCUT2D eigenvalue weighted by Gasteiger charge is 2.27. The van der Waals surface area contributed by atoms with Crippen molar-refractivity contribution in [3.8, 4) is 17.7 Å². The minimum Gasteiger partial charge on any atom is -0.459 e. The normalized spacial score (nSPS) is 14.1. The van der Waals surface area contributed by atoms with Crippen LogP contribution >= 0.6 is 11.8 Å². The maximum atomic E-state index is 12.8. The lowest BCUT2D eigenvalue weighted by Gasteiger charge is -2.34. The van der Waals surface area contributed by atoms with Gasteiger partial charge >= 0.3 is 0 Å². The van der Waals surface area contributed by atoms with Crippen LogP contribution in [0.25, 0.3) is 22.7 Å². The van der Waals surface area contributed by atoms with Gasteiger partial charge in [0.1, 0.15) is 17.4 Å². The number of thioether (sulfide) groups is 1. The second-order valence-electron chi connectivity index (χ2n) is 7.10. The molecular formula is C20H18N8O3S. The number of nitrogens with zero attached hydrogens (tertiary/aromatic N) is 8. The third-order valence-corrected chi connectivity index (χ3v) is 6.18. The molecule has 0 aliphatic carbocycles. The number of rotatable bonds is 5. The summed E-state index contributed by atoms with van der Waals surface area (Å²) in [6.07, 6.45) is 4.72. The van der Waals surface area contributed by atoms with Gasteiger partial charge in [0.2, 0.25) is 17.5 Å². The van der Waals surface area contributed by atoms with Gasteiger partial charge in [-0.1, -0.05) is 11.8 Å². The monoisotopic (exact) mass is 450 g/mol. The third kappa shape index (κ3) is 3.67. The molecule has 1 fully saturated rings. The minimum atomic E-state index is 0.0275. The molecule has 5 heterocycles. The molecule has 12 heteroatoms. The number of anilines is 1. The minimum absolute atomic E-state index is 0.0275. The highest BCUT2D eigenvalue weighted by atomic mass is 32.2. The summed E-state index contributed by atoms with van der Waals surface area (Å²) < 4.78 is 12.8. The summed E-state index contributed by atoms with van der Waals surface area (Å²) in [6, 6.07) is 5.53. The Kier molecular flexibility index (Phi) is 5.24. The van der Waals surface area contributed by atoms with E-state index in [1.54, 1.807) is 27.9 Å². The first-order chi connectivity index (χ1) is 15.6. The number of aromatic nitrogens is 5. The van der Waals surface area contributed by atoms with E-state index in [1.807, 2.05) is 11.9 Å². The molecule has 1 aliphatic rings. The average molecular weight is 450 g/mol. The molecule has 162 valence electrons. The molecule has 32 heavy (non-hydrogen) atoms. The van der Waals surface area contributed by atoms with Crippen molar-refractivity contribution in [2.75, 3.05) is 36.8 Å². The van der Waals surface area contributed by atoms with E-state index in [4.69, 9.17) is 8.83 Å². The molecule has 0 N–H and O–H groups in total. The van der Waals surface area contributed by atoms with Crippen LogP contribution < -0.4 is 4.90 Å². The van der Waals surface area contributed by atoms with Gasteiger partial charge in [0, 0.05) is 33.2 Å². The lowest BCUT2D eigenvalue weighted by atomic mass is 10.3. The molecule has 0 unspecified atom stereocenters. The van der Waals surface area contributed by atoms with Crippen molar-refractivity contribution >= 4 is 34.6 Å². The molecule has 4 aromatic heterocycles. The first kappa shape index (κ1) is 20.1. The summed E-state index contributed by atoms with van der Waals surface area (Å²) in [6.45, 7) is 2.12. The molecule has 11 nitrogen and oxygen atoms in total. The van der Waals surface area contributed by atoms with E-state index < -0.39 is 0 Å². The number of piperazine rings is 1. The second-order valence-corrected chi connectivity index (χ2v) is 8.07. The van der Waals surface area contributed by atoms with Gasteiger partial charge in [0.15, 0.2) is 11.4 Å². The van der Waals surface area contributed by atoms with Crippen LogP contribution in [0.5, 0.6) is 0 Å². The van der Waals surface area contributed by atoms with E-state index in [1.165, 1.54) is 24.4 Å². The number of furan rings is 1. The number of aryl methyl sites for hydroxylation is 1. The molecule has 0 saturated carbocycles. The fourth-order valence-electron chi connectivity index (χ4n) is 3.54. The predicted molar refractivity (Wildman–Crippen MR) is 115 cm³/mol. The van der Waals surface area contributed by atoms with Crippen LogP contribution in [0, 0.1) is 11.3 Å². The van der Waals surface area contributed by atoms with Gasteiger partial charge in [-0.25, -0.2) is 9.97 Å². The molecule has 1 saturated heterocycles. The number of carbonyl (C=O) groups is 1. The maximum absolute atomic E-state index is 12.8. The lowest BCUT2D eigenvalue weighted by molar-refractivity contribution is -0.128. The second kappa shape index (κ2) is 8.35. The van der Waals surface area contributed by atoms with Crippen molar-refractivity contribution < 1.29 is 13.6 Å². The molecule has 0 spiro atoms. The molecule has 1 amide bonds. The van der Waals surface area contributed by atoms with Gasteiger partial charge < -0.3 is 18.6 Å². The third-order valence-electron chi connectivity index (χ3n) is 5.19. The van der Waals surface area contributed by atoms with Crippen LogP contribution in [-0.2, 0) is 11.8 Å². The Hall–Kier alpha value is -3.85. The molecule has 0 aromatic carbocycles. The molecule has 0 bridgehead atoms. The Morgan fingerprint density at radius 3 is 2.88 bits per heavy atom. The van der Waals surface area contributed by atoms with Crippen molar-refractivity contribution in [2.24, 2.45) is 7.05 Å². The average Bonchev–Trinajstić information content (AvgIpc) is 3.57. The van der Waals surface area contributed by atoms with Crippen LogP contribution in [0.3, 0.4) is 0 Å². The zero-order valence-electron chi connectivity index (χ0n) is 17.1. The Labute approximate surface area is 186 Å². The van der Waals surface area contributed by atoms with E-state index in [0.717, 1.165) is 16.1 Å². The number of fused-ring (bicyclic) bond motifs is 1. The Bertz CT molecular complexity index is 1300. The molecule has 1 aliphatic heterocycles. The number of hydrogen-bond donors (Lipinski definition) is 0. The number of nitriles is 1. The summed E-state index contributed by atoms with van der Waals surface area (Å²) in [5.41, 5.74) is 0.939. The SMILES string of the molecule is Cn1ncc2c(SCC(=O)N3CCN(c4oc(-c5ccco5)nc4C#N)CC3)ncnc21. The van der Waals surface area contributed by atoms with Gasteiger partial charge in [-0.2, -0.15) is 15.3 Å². The highest BCUT2D eigenvalue weighted by molar-refractivity contribution is 8.00. The van der Waals surface area contributed by atoms with Gasteiger partial charge in [-0.05, 0) is 12.1 Å². The Morgan fingerprint density at radius 1 is 1.28 bits per heavy atom. The van der Waals surface area contributed by atoms with Crippen LogP contribution in [0.2, 0.25) is 0 Å². The molecule has 0 atom stereocenters. The van der Waals surface area contributed by atoms with Crippen molar-refractivity contribution in [2.45, 2.75) is 5.03 Å². The summed E-state index contributed by atoms with van der Waals surface area (Å²) in [7, 11) is 1.82. The molecule has 0 radical (unpaired) electrons. The summed E-state index contributed by atoms with van der Waals surface area (Å²) >= 11 is 1.38. The number of carbonyl (C=O) groups excluding carboxylic acids is 1. The fraction of sp³-hybridized carbons (Fsp3) is 0.300. The van der Waals surface area contributed by atoms with Crippen LogP contribution in [0.1, 0.15) is 5.69 Å². The van der Waals surface area contributed by atoms with E-state index in [-0.39, 0.29) is 23.2 Å². The van der Waals surface area contributed by atoms with E-state index in [9.17, 15) is 10.1 Å². The number of amides is 1. The van der Waals surface area contributed by atoms with Crippen LogP contribution in [0.4, 0.5) is 5.88 Å². The number of hydrogen-bond acceptors (Lipinski definition) is 10. The Morgan fingerprint density at radius 2 is 2.12 bits per heavy atom. The largest absolute Gasteiger partial charge is 0.459 e. The predicted octanol–water partition coefficient (Wildman–Crippen LogP) is 1.92. The number of oxazole rings is 1. The first-order valence-corrected chi connectivity index (χ1v) is 10.9. The molecular weight excluding hydrogens is 432 g/mol. The maximum Gasteiger partial charge on any atom is 0.266 e. The zero-order valence-corrected chi connectivity index (χ0v) is 17.9. The lowest BCUT2D eigenvalue weighted by Crippen LogP contribution is -2.49.